The number of hydrogen-bond acceptors (Lipinski definition) is 4. The quantitative estimate of drug-likeness (QED) is 0.620. The molecule has 2 rings (SSSR count). The smallest absolute Gasteiger partial charge is 0.259 e. The fourth-order valence-electron chi connectivity index (χ4n) is 2.16. The highest BCUT2D eigenvalue weighted by Gasteiger charge is 2.13. The van der Waals surface area contributed by atoms with Crippen LogP contribution in [0.2, 0.25) is 0 Å². The fraction of sp³-hybridized carbons (Fsp3) is 0.316. The monoisotopic (exact) mass is 407 g/mol. The number of hydrogen-bond donors (Lipinski definition) is 1. The maximum absolute atomic E-state index is 12.5. The van der Waals surface area contributed by atoms with E-state index in [1.165, 1.54) is 0 Å². The number of halogens is 1. The molecule has 0 unspecified atom stereocenters. The summed E-state index contributed by atoms with van der Waals surface area (Å²) in [5, 5.41) is 2.87. The van der Waals surface area contributed by atoms with Gasteiger partial charge >= 0.3 is 0 Å². The number of rotatable bonds is 9. The van der Waals surface area contributed by atoms with Gasteiger partial charge in [-0.1, -0.05) is 15.9 Å². The summed E-state index contributed by atoms with van der Waals surface area (Å²) in [4.78, 5) is 12.5. The van der Waals surface area contributed by atoms with Crippen LogP contribution < -0.4 is 14.8 Å². The summed E-state index contributed by atoms with van der Waals surface area (Å²) in [6.07, 6.45) is 0. The lowest BCUT2D eigenvalue weighted by atomic mass is 10.2. The molecule has 134 valence electrons. The van der Waals surface area contributed by atoms with Crippen LogP contribution in [0.3, 0.4) is 0 Å². The Morgan fingerprint density at radius 3 is 2.44 bits per heavy atom. The molecule has 0 saturated carbocycles. The van der Waals surface area contributed by atoms with Crippen LogP contribution in [0.1, 0.15) is 24.2 Å². The van der Waals surface area contributed by atoms with E-state index < -0.39 is 0 Å². The fourth-order valence-corrected chi connectivity index (χ4v) is 2.52. The largest absolute Gasteiger partial charge is 0.493 e. The first-order chi connectivity index (χ1) is 12.1. The van der Waals surface area contributed by atoms with Gasteiger partial charge in [0.25, 0.3) is 5.91 Å². The molecule has 0 atom stereocenters. The summed E-state index contributed by atoms with van der Waals surface area (Å²) < 4.78 is 17.1. The van der Waals surface area contributed by atoms with Crippen LogP contribution in [-0.4, -0.2) is 32.3 Å². The summed E-state index contributed by atoms with van der Waals surface area (Å²) in [5.41, 5.74) is 1.16. The van der Waals surface area contributed by atoms with Gasteiger partial charge in [0, 0.05) is 16.8 Å². The first kappa shape index (κ1) is 19.3. The van der Waals surface area contributed by atoms with Crippen LogP contribution in [0.25, 0.3) is 0 Å². The van der Waals surface area contributed by atoms with E-state index in [0.29, 0.717) is 43.4 Å². The summed E-state index contributed by atoms with van der Waals surface area (Å²) in [7, 11) is 0. The van der Waals surface area contributed by atoms with E-state index in [4.69, 9.17) is 14.2 Å². The van der Waals surface area contributed by atoms with Crippen LogP contribution in [0.5, 0.6) is 11.5 Å². The zero-order valence-electron chi connectivity index (χ0n) is 14.4. The van der Waals surface area contributed by atoms with Gasteiger partial charge in [-0.05, 0) is 56.3 Å². The average Bonchev–Trinajstić information content (AvgIpc) is 2.62. The lowest BCUT2D eigenvalue weighted by molar-refractivity contribution is 0.102. The highest BCUT2D eigenvalue weighted by molar-refractivity contribution is 9.10. The molecule has 0 saturated heterocycles. The molecule has 1 N–H and O–H groups in total. The summed E-state index contributed by atoms with van der Waals surface area (Å²) in [6, 6.07) is 12.6. The summed E-state index contributed by atoms with van der Waals surface area (Å²) >= 11 is 3.38. The highest BCUT2D eigenvalue weighted by atomic mass is 79.9. The van der Waals surface area contributed by atoms with E-state index in [2.05, 4.69) is 21.2 Å². The Hall–Kier alpha value is -2.05. The van der Waals surface area contributed by atoms with Crippen molar-refractivity contribution >= 4 is 27.5 Å². The first-order valence-corrected chi connectivity index (χ1v) is 8.97. The Labute approximate surface area is 156 Å². The van der Waals surface area contributed by atoms with Crippen molar-refractivity contribution in [2.75, 3.05) is 31.7 Å². The normalized spacial score (nSPS) is 10.4. The molecule has 0 aromatic heterocycles. The summed E-state index contributed by atoms with van der Waals surface area (Å²) in [5.74, 6) is 1.06. The zero-order valence-corrected chi connectivity index (χ0v) is 16.0. The van der Waals surface area contributed by atoms with Gasteiger partial charge in [-0.25, -0.2) is 0 Å². The van der Waals surface area contributed by atoms with Crippen LogP contribution in [0.15, 0.2) is 46.9 Å². The van der Waals surface area contributed by atoms with Crippen molar-refractivity contribution in [2.24, 2.45) is 0 Å². The number of carbonyl (C=O) groups is 1. The van der Waals surface area contributed by atoms with Crippen LogP contribution in [0.4, 0.5) is 5.69 Å². The predicted molar refractivity (Wildman–Crippen MR) is 102 cm³/mol. The minimum atomic E-state index is -0.227. The van der Waals surface area contributed by atoms with Gasteiger partial charge in [0.2, 0.25) is 0 Å². The molecule has 0 radical (unpaired) electrons. The average molecular weight is 408 g/mol. The molecule has 0 heterocycles. The molecule has 0 spiro atoms. The topological polar surface area (TPSA) is 56.8 Å². The van der Waals surface area contributed by atoms with Crippen LogP contribution >= 0.6 is 15.9 Å². The molecule has 5 nitrogen and oxygen atoms in total. The molecular formula is C19H22BrNO4. The Morgan fingerprint density at radius 1 is 1.00 bits per heavy atom. The van der Waals surface area contributed by atoms with Crippen molar-refractivity contribution in [3.05, 3.63) is 52.5 Å². The number of amides is 1. The number of nitrogens with one attached hydrogen (secondary N) is 1. The van der Waals surface area contributed by atoms with Crippen molar-refractivity contribution in [1.29, 1.82) is 0 Å². The minimum Gasteiger partial charge on any atom is -0.493 e. The standard InChI is InChI=1S/C19H22BrNO4/c1-3-23-11-12-25-16-8-6-15(7-9-16)21-19(22)17-13-14(20)5-10-18(17)24-4-2/h5-10,13H,3-4,11-12H2,1-2H3,(H,21,22). The van der Waals surface area contributed by atoms with Gasteiger partial charge in [-0.3, -0.25) is 4.79 Å². The Morgan fingerprint density at radius 2 is 1.76 bits per heavy atom. The van der Waals surface area contributed by atoms with Gasteiger partial charge in [-0.2, -0.15) is 0 Å². The van der Waals surface area contributed by atoms with Gasteiger partial charge in [-0.15, -0.1) is 0 Å². The van der Waals surface area contributed by atoms with Crippen molar-refractivity contribution in [3.63, 3.8) is 0 Å². The number of carbonyl (C=O) groups excluding carboxylic acids is 1. The molecule has 25 heavy (non-hydrogen) atoms. The van der Waals surface area contributed by atoms with Gasteiger partial charge in [0.15, 0.2) is 0 Å². The van der Waals surface area contributed by atoms with Gasteiger partial charge in [0.05, 0.1) is 18.8 Å². The van der Waals surface area contributed by atoms with Gasteiger partial charge in [0.1, 0.15) is 18.1 Å². The summed E-state index contributed by atoms with van der Waals surface area (Å²) in [6.45, 7) is 6.05. The number of benzene rings is 2. The van der Waals surface area contributed by atoms with Crippen molar-refractivity contribution in [1.82, 2.24) is 0 Å². The molecule has 0 bridgehead atoms. The van der Waals surface area contributed by atoms with E-state index in [1.807, 2.05) is 32.0 Å². The molecule has 0 fully saturated rings. The number of anilines is 1. The van der Waals surface area contributed by atoms with Gasteiger partial charge < -0.3 is 19.5 Å². The third-order valence-corrected chi connectivity index (χ3v) is 3.79. The van der Waals surface area contributed by atoms with Crippen molar-refractivity contribution in [3.8, 4) is 11.5 Å². The van der Waals surface area contributed by atoms with Crippen molar-refractivity contribution in [2.45, 2.75) is 13.8 Å². The maximum Gasteiger partial charge on any atom is 0.259 e. The Balaban J connectivity index is 2.00. The number of ether oxygens (including phenoxy) is 3. The van der Waals surface area contributed by atoms with E-state index in [1.54, 1.807) is 24.3 Å². The molecule has 0 aliphatic carbocycles. The molecule has 6 heteroatoms. The highest BCUT2D eigenvalue weighted by Crippen LogP contribution is 2.25. The van der Waals surface area contributed by atoms with Crippen LogP contribution in [-0.2, 0) is 4.74 Å². The maximum atomic E-state index is 12.5. The molecule has 0 aliphatic rings. The molecule has 0 aliphatic heterocycles. The molecule has 1 amide bonds. The van der Waals surface area contributed by atoms with Crippen molar-refractivity contribution < 1.29 is 19.0 Å². The van der Waals surface area contributed by atoms with Crippen LogP contribution in [0, 0.1) is 0 Å². The van der Waals surface area contributed by atoms with E-state index in [-0.39, 0.29) is 5.91 Å². The second kappa shape index (κ2) is 10.1. The predicted octanol–water partition coefficient (Wildman–Crippen LogP) is 4.52. The first-order valence-electron chi connectivity index (χ1n) is 8.18. The zero-order chi connectivity index (χ0) is 18.1. The third kappa shape index (κ3) is 6.07. The second-order valence-corrected chi connectivity index (χ2v) is 6.01. The molecule has 2 aromatic carbocycles. The SMILES string of the molecule is CCOCCOc1ccc(NC(=O)c2cc(Br)ccc2OCC)cc1. The van der Waals surface area contributed by atoms with E-state index in [9.17, 15) is 4.79 Å². The van der Waals surface area contributed by atoms with E-state index >= 15 is 0 Å². The third-order valence-electron chi connectivity index (χ3n) is 3.30. The molecular weight excluding hydrogens is 386 g/mol. The lowest BCUT2D eigenvalue weighted by Gasteiger charge is -2.12. The Kier molecular flexibility index (Phi) is 7.76. The minimum absolute atomic E-state index is 0.227. The van der Waals surface area contributed by atoms with E-state index in [0.717, 1.165) is 10.2 Å². The molecule has 2 aromatic rings. The second-order valence-electron chi connectivity index (χ2n) is 5.10. The lowest BCUT2D eigenvalue weighted by Crippen LogP contribution is -2.14. The Bertz CT molecular complexity index is 688.